The highest BCUT2D eigenvalue weighted by Crippen LogP contribution is 2.32. The second-order valence-electron chi connectivity index (χ2n) is 6.69. The first-order valence-corrected chi connectivity index (χ1v) is 8.70. The van der Waals surface area contributed by atoms with Crippen LogP contribution in [0, 0.1) is 0 Å². The molecule has 1 saturated heterocycles. The van der Waals surface area contributed by atoms with Gasteiger partial charge in [-0.15, -0.1) is 0 Å². The lowest BCUT2D eigenvalue weighted by Gasteiger charge is -2.36. The SMILES string of the molecule is FC(F)(F)c1cccc(N2CCN(Cc3cc4ccccc4[nH]3)CC2)c1. The molecule has 1 N–H and O–H groups in total. The molecule has 0 unspecified atom stereocenters. The van der Waals surface area contributed by atoms with Crippen LogP contribution in [0.3, 0.4) is 0 Å². The van der Waals surface area contributed by atoms with Gasteiger partial charge in [0.05, 0.1) is 5.56 Å². The van der Waals surface area contributed by atoms with Crippen molar-refractivity contribution in [3.8, 4) is 0 Å². The third kappa shape index (κ3) is 3.55. The molecule has 1 fully saturated rings. The maximum atomic E-state index is 12.9. The maximum Gasteiger partial charge on any atom is 0.416 e. The van der Waals surface area contributed by atoms with Crippen LogP contribution in [0.25, 0.3) is 10.9 Å². The number of H-pyrrole nitrogens is 1. The molecular weight excluding hydrogens is 339 g/mol. The minimum Gasteiger partial charge on any atom is -0.369 e. The zero-order valence-electron chi connectivity index (χ0n) is 14.3. The largest absolute Gasteiger partial charge is 0.416 e. The first-order valence-electron chi connectivity index (χ1n) is 8.70. The van der Waals surface area contributed by atoms with Crippen molar-refractivity contribution in [2.24, 2.45) is 0 Å². The van der Waals surface area contributed by atoms with E-state index in [4.69, 9.17) is 0 Å². The number of aromatic amines is 1. The Hall–Kier alpha value is -2.47. The van der Waals surface area contributed by atoms with Crippen LogP contribution in [0.4, 0.5) is 18.9 Å². The Balaban J connectivity index is 1.39. The standard InChI is InChI=1S/C20H20F3N3/c21-20(22,23)16-5-3-6-18(13-16)26-10-8-25(9-11-26)14-17-12-15-4-1-2-7-19(15)24-17/h1-7,12-13,24H,8-11,14H2. The van der Waals surface area contributed by atoms with Gasteiger partial charge in [0, 0.05) is 49.6 Å². The lowest BCUT2D eigenvalue weighted by atomic mass is 10.1. The van der Waals surface area contributed by atoms with Crippen LogP contribution >= 0.6 is 0 Å². The zero-order chi connectivity index (χ0) is 18.1. The molecule has 3 nitrogen and oxygen atoms in total. The molecule has 136 valence electrons. The molecule has 4 rings (SSSR count). The molecule has 1 aliphatic heterocycles. The number of halogens is 3. The van der Waals surface area contributed by atoms with Gasteiger partial charge in [-0.25, -0.2) is 0 Å². The Morgan fingerprint density at radius 1 is 0.885 bits per heavy atom. The van der Waals surface area contributed by atoms with Crippen molar-refractivity contribution < 1.29 is 13.2 Å². The number of alkyl halides is 3. The van der Waals surface area contributed by atoms with Gasteiger partial charge in [-0.05, 0) is 35.7 Å². The van der Waals surface area contributed by atoms with Crippen LogP contribution in [0.1, 0.15) is 11.3 Å². The van der Waals surface area contributed by atoms with E-state index in [0.717, 1.165) is 44.3 Å². The fourth-order valence-electron chi connectivity index (χ4n) is 3.50. The Morgan fingerprint density at radius 3 is 2.38 bits per heavy atom. The van der Waals surface area contributed by atoms with Gasteiger partial charge in [0.25, 0.3) is 0 Å². The highest BCUT2D eigenvalue weighted by molar-refractivity contribution is 5.80. The minimum atomic E-state index is -4.30. The number of fused-ring (bicyclic) bond motifs is 1. The monoisotopic (exact) mass is 359 g/mol. The number of hydrogen-bond donors (Lipinski definition) is 1. The molecule has 0 bridgehead atoms. The van der Waals surface area contributed by atoms with E-state index < -0.39 is 11.7 Å². The van der Waals surface area contributed by atoms with E-state index in [1.165, 1.54) is 23.2 Å². The molecule has 0 amide bonds. The number of rotatable bonds is 3. The topological polar surface area (TPSA) is 22.3 Å². The maximum absolute atomic E-state index is 12.9. The normalized spacial score (nSPS) is 16.3. The van der Waals surface area contributed by atoms with Crippen LogP contribution in [-0.4, -0.2) is 36.1 Å². The number of aromatic nitrogens is 1. The Morgan fingerprint density at radius 2 is 1.65 bits per heavy atom. The van der Waals surface area contributed by atoms with Gasteiger partial charge >= 0.3 is 6.18 Å². The summed E-state index contributed by atoms with van der Waals surface area (Å²) >= 11 is 0. The Labute approximate surface area is 150 Å². The summed E-state index contributed by atoms with van der Waals surface area (Å²) < 4.78 is 38.7. The molecule has 3 aromatic rings. The summed E-state index contributed by atoms with van der Waals surface area (Å²) in [5.41, 5.74) is 2.35. The molecule has 1 aromatic heterocycles. The molecule has 0 saturated carbocycles. The predicted molar refractivity (Wildman–Crippen MR) is 97.2 cm³/mol. The first-order chi connectivity index (χ1) is 12.5. The molecule has 0 radical (unpaired) electrons. The number of nitrogens with zero attached hydrogens (tertiary/aromatic N) is 2. The van der Waals surface area contributed by atoms with Crippen LogP contribution < -0.4 is 4.90 Å². The van der Waals surface area contributed by atoms with Crippen molar-refractivity contribution >= 4 is 16.6 Å². The van der Waals surface area contributed by atoms with E-state index in [1.807, 2.05) is 17.0 Å². The number of benzene rings is 2. The molecule has 0 atom stereocenters. The van der Waals surface area contributed by atoms with Crippen LogP contribution in [-0.2, 0) is 12.7 Å². The molecule has 2 aromatic carbocycles. The molecule has 2 heterocycles. The van der Waals surface area contributed by atoms with Crippen LogP contribution in [0.2, 0.25) is 0 Å². The van der Waals surface area contributed by atoms with Crippen molar-refractivity contribution in [2.45, 2.75) is 12.7 Å². The van der Waals surface area contributed by atoms with Crippen molar-refractivity contribution in [3.05, 3.63) is 65.9 Å². The minimum absolute atomic E-state index is 0.587. The van der Waals surface area contributed by atoms with Gasteiger partial charge in [0.1, 0.15) is 0 Å². The molecule has 0 aliphatic carbocycles. The van der Waals surface area contributed by atoms with Crippen LogP contribution in [0.15, 0.2) is 54.6 Å². The average molecular weight is 359 g/mol. The van der Waals surface area contributed by atoms with Crippen molar-refractivity contribution in [3.63, 3.8) is 0 Å². The summed E-state index contributed by atoms with van der Waals surface area (Å²) in [6.07, 6.45) is -4.30. The van der Waals surface area contributed by atoms with Gasteiger partial charge < -0.3 is 9.88 Å². The summed E-state index contributed by atoms with van der Waals surface area (Å²) in [6.45, 7) is 3.92. The van der Waals surface area contributed by atoms with Gasteiger partial charge in [0.2, 0.25) is 0 Å². The van der Waals surface area contributed by atoms with Crippen molar-refractivity contribution in [1.82, 2.24) is 9.88 Å². The van der Waals surface area contributed by atoms with Crippen LogP contribution in [0.5, 0.6) is 0 Å². The van der Waals surface area contributed by atoms with E-state index >= 15 is 0 Å². The lowest BCUT2D eigenvalue weighted by Crippen LogP contribution is -2.46. The van der Waals surface area contributed by atoms with E-state index in [0.29, 0.717) is 5.69 Å². The molecule has 26 heavy (non-hydrogen) atoms. The second kappa shape index (κ2) is 6.68. The molecule has 6 heteroatoms. The number of anilines is 1. The van der Waals surface area contributed by atoms with E-state index in [9.17, 15) is 13.2 Å². The van der Waals surface area contributed by atoms with Crippen molar-refractivity contribution in [1.29, 1.82) is 0 Å². The quantitative estimate of drug-likeness (QED) is 0.743. The lowest BCUT2D eigenvalue weighted by molar-refractivity contribution is -0.137. The Kier molecular flexibility index (Phi) is 4.36. The summed E-state index contributed by atoms with van der Waals surface area (Å²) in [5.74, 6) is 0. The highest BCUT2D eigenvalue weighted by atomic mass is 19.4. The van der Waals surface area contributed by atoms with Gasteiger partial charge in [-0.1, -0.05) is 24.3 Å². The summed E-state index contributed by atoms with van der Waals surface area (Å²) in [5, 5.41) is 1.20. The van der Waals surface area contributed by atoms with Gasteiger partial charge in [-0.3, -0.25) is 4.90 Å². The predicted octanol–water partition coefficient (Wildman–Crippen LogP) is 4.51. The summed E-state index contributed by atoms with van der Waals surface area (Å²) in [4.78, 5) is 7.78. The average Bonchev–Trinajstić information content (AvgIpc) is 3.04. The second-order valence-corrected chi connectivity index (χ2v) is 6.69. The zero-order valence-corrected chi connectivity index (χ0v) is 14.3. The Bertz CT molecular complexity index is 859. The van der Waals surface area contributed by atoms with Gasteiger partial charge in [0.15, 0.2) is 0 Å². The number of piperazine rings is 1. The molecular formula is C20H20F3N3. The fraction of sp³-hybridized carbons (Fsp3) is 0.300. The summed E-state index contributed by atoms with van der Waals surface area (Å²) in [6, 6.07) is 15.9. The third-order valence-electron chi connectivity index (χ3n) is 4.89. The van der Waals surface area contributed by atoms with Gasteiger partial charge in [-0.2, -0.15) is 13.2 Å². The fourth-order valence-corrected chi connectivity index (χ4v) is 3.50. The first kappa shape index (κ1) is 17.0. The third-order valence-corrected chi connectivity index (χ3v) is 4.89. The summed E-state index contributed by atoms with van der Waals surface area (Å²) in [7, 11) is 0. The smallest absolute Gasteiger partial charge is 0.369 e. The van der Waals surface area contributed by atoms with Crippen molar-refractivity contribution in [2.75, 3.05) is 31.1 Å². The van der Waals surface area contributed by atoms with E-state index in [2.05, 4.69) is 28.1 Å². The number of hydrogen-bond acceptors (Lipinski definition) is 2. The number of nitrogens with one attached hydrogen (secondary N) is 1. The van der Waals surface area contributed by atoms with E-state index in [-0.39, 0.29) is 0 Å². The number of para-hydroxylation sites is 1. The molecule has 1 aliphatic rings. The van der Waals surface area contributed by atoms with E-state index in [1.54, 1.807) is 6.07 Å². The highest BCUT2D eigenvalue weighted by Gasteiger charge is 2.31. The molecule has 0 spiro atoms.